The molecular formula is C14H10BrClF2. The van der Waals surface area contributed by atoms with Crippen molar-refractivity contribution in [2.45, 2.75) is 12.3 Å². The van der Waals surface area contributed by atoms with Crippen LogP contribution in [-0.2, 0) is 0 Å². The molecule has 0 fully saturated rings. The predicted octanol–water partition coefficient (Wildman–Crippen LogP) is 5.36. The molecular weight excluding hydrogens is 322 g/mol. The first-order chi connectivity index (χ1) is 8.50. The van der Waals surface area contributed by atoms with E-state index in [1.54, 1.807) is 0 Å². The van der Waals surface area contributed by atoms with Crippen LogP contribution in [0.2, 0.25) is 0 Å². The van der Waals surface area contributed by atoms with Crippen molar-refractivity contribution < 1.29 is 8.78 Å². The average Bonchev–Trinajstić information content (AvgIpc) is 2.35. The number of benzene rings is 2. The highest BCUT2D eigenvalue weighted by molar-refractivity contribution is 9.10. The van der Waals surface area contributed by atoms with Crippen molar-refractivity contribution in [1.29, 1.82) is 0 Å². The fourth-order valence-electron chi connectivity index (χ4n) is 1.72. The third-order valence-electron chi connectivity index (χ3n) is 2.73. The first-order valence-corrected chi connectivity index (χ1v) is 6.57. The SMILES string of the molecule is Cc1cccc(C(Cl)c2ccc(F)c(F)c2)c1Br. The summed E-state index contributed by atoms with van der Waals surface area (Å²) in [6.45, 7) is 1.95. The molecule has 0 aromatic heterocycles. The molecule has 2 aromatic rings. The van der Waals surface area contributed by atoms with Gasteiger partial charge in [-0.2, -0.15) is 0 Å². The Morgan fingerprint density at radius 3 is 2.50 bits per heavy atom. The van der Waals surface area contributed by atoms with Gasteiger partial charge < -0.3 is 0 Å². The molecule has 2 aromatic carbocycles. The molecule has 0 amide bonds. The number of aryl methyl sites for hydroxylation is 1. The van der Waals surface area contributed by atoms with Gasteiger partial charge in [0.15, 0.2) is 11.6 Å². The van der Waals surface area contributed by atoms with Crippen molar-refractivity contribution >= 4 is 27.5 Å². The summed E-state index contributed by atoms with van der Waals surface area (Å²) in [7, 11) is 0. The van der Waals surface area contributed by atoms with Gasteiger partial charge in [-0.25, -0.2) is 8.78 Å². The van der Waals surface area contributed by atoms with E-state index in [4.69, 9.17) is 11.6 Å². The number of hydrogen-bond donors (Lipinski definition) is 0. The lowest BCUT2D eigenvalue weighted by Gasteiger charge is -2.14. The Bertz CT molecular complexity index is 584. The van der Waals surface area contributed by atoms with Crippen LogP contribution in [0, 0.1) is 18.6 Å². The second-order valence-corrected chi connectivity index (χ2v) is 5.24. The van der Waals surface area contributed by atoms with Crippen LogP contribution >= 0.6 is 27.5 Å². The molecule has 1 unspecified atom stereocenters. The zero-order valence-electron chi connectivity index (χ0n) is 9.55. The summed E-state index contributed by atoms with van der Waals surface area (Å²) < 4.78 is 27.0. The van der Waals surface area contributed by atoms with Crippen LogP contribution in [0.15, 0.2) is 40.9 Å². The van der Waals surface area contributed by atoms with Crippen LogP contribution < -0.4 is 0 Å². The third kappa shape index (κ3) is 2.57. The molecule has 0 bridgehead atoms. The third-order valence-corrected chi connectivity index (χ3v) is 4.30. The number of halogens is 4. The van der Waals surface area contributed by atoms with E-state index in [-0.39, 0.29) is 0 Å². The minimum absolute atomic E-state index is 0.519. The van der Waals surface area contributed by atoms with Crippen LogP contribution in [0.25, 0.3) is 0 Å². The Balaban J connectivity index is 2.44. The van der Waals surface area contributed by atoms with Gasteiger partial charge in [-0.05, 0) is 35.7 Å². The minimum atomic E-state index is -0.887. The number of alkyl halides is 1. The molecule has 0 aliphatic heterocycles. The molecule has 0 aliphatic rings. The van der Waals surface area contributed by atoms with Crippen molar-refractivity contribution in [3.63, 3.8) is 0 Å². The normalized spacial score (nSPS) is 12.5. The van der Waals surface area contributed by atoms with Crippen LogP contribution in [0.3, 0.4) is 0 Å². The van der Waals surface area contributed by atoms with Crippen LogP contribution in [0.1, 0.15) is 22.1 Å². The Morgan fingerprint density at radius 2 is 1.83 bits per heavy atom. The number of rotatable bonds is 2. The Morgan fingerprint density at radius 1 is 1.11 bits per heavy atom. The van der Waals surface area contributed by atoms with E-state index < -0.39 is 17.0 Å². The van der Waals surface area contributed by atoms with Crippen molar-refractivity contribution in [2.75, 3.05) is 0 Å². The second kappa shape index (κ2) is 5.37. The van der Waals surface area contributed by atoms with E-state index in [9.17, 15) is 8.78 Å². The summed E-state index contributed by atoms with van der Waals surface area (Å²) in [6, 6.07) is 9.39. The quantitative estimate of drug-likeness (QED) is 0.650. The first kappa shape index (κ1) is 13.5. The molecule has 4 heteroatoms. The van der Waals surface area contributed by atoms with Crippen molar-refractivity contribution in [1.82, 2.24) is 0 Å². The molecule has 0 spiro atoms. The zero-order chi connectivity index (χ0) is 13.3. The van der Waals surface area contributed by atoms with Gasteiger partial charge in [0.2, 0.25) is 0 Å². The maximum absolute atomic E-state index is 13.2. The van der Waals surface area contributed by atoms with Crippen molar-refractivity contribution in [2.24, 2.45) is 0 Å². The highest BCUT2D eigenvalue weighted by Crippen LogP contribution is 2.35. The van der Waals surface area contributed by atoms with E-state index in [0.717, 1.165) is 27.7 Å². The zero-order valence-corrected chi connectivity index (χ0v) is 11.9. The first-order valence-electron chi connectivity index (χ1n) is 5.34. The van der Waals surface area contributed by atoms with Crippen molar-refractivity contribution in [3.8, 4) is 0 Å². The molecule has 0 saturated heterocycles. The second-order valence-electron chi connectivity index (χ2n) is 4.01. The summed E-state index contributed by atoms with van der Waals surface area (Å²) in [5.74, 6) is -1.76. The lowest BCUT2D eigenvalue weighted by atomic mass is 10.0. The lowest BCUT2D eigenvalue weighted by molar-refractivity contribution is 0.507. The highest BCUT2D eigenvalue weighted by atomic mass is 79.9. The minimum Gasteiger partial charge on any atom is -0.204 e. The van der Waals surface area contributed by atoms with Gasteiger partial charge in [0.25, 0.3) is 0 Å². The molecule has 1 atom stereocenters. The monoisotopic (exact) mass is 330 g/mol. The van der Waals surface area contributed by atoms with E-state index >= 15 is 0 Å². The van der Waals surface area contributed by atoms with Gasteiger partial charge in [-0.1, -0.05) is 40.2 Å². The molecule has 0 saturated carbocycles. The molecule has 0 heterocycles. The van der Waals surface area contributed by atoms with Crippen LogP contribution in [0.4, 0.5) is 8.78 Å². The maximum Gasteiger partial charge on any atom is 0.159 e. The van der Waals surface area contributed by atoms with E-state index in [1.165, 1.54) is 6.07 Å². The molecule has 0 nitrogen and oxygen atoms in total. The van der Waals surface area contributed by atoms with E-state index in [1.807, 2.05) is 25.1 Å². The van der Waals surface area contributed by atoms with Gasteiger partial charge in [0.1, 0.15) is 0 Å². The van der Waals surface area contributed by atoms with Gasteiger partial charge >= 0.3 is 0 Å². The highest BCUT2D eigenvalue weighted by Gasteiger charge is 2.16. The van der Waals surface area contributed by atoms with E-state index in [2.05, 4.69) is 15.9 Å². The molecule has 0 aliphatic carbocycles. The Kier molecular flexibility index (Phi) is 4.03. The van der Waals surface area contributed by atoms with Gasteiger partial charge in [0.05, 0.1) is 5.38 Å². The van der Waals surface area contributed by atoms with Gasteiger partial charge in [-0.15, -0.1) is 11.6 Å². The summed E-state index contributed by atoms with van der Waals surface area (Å²) in [4.78, 5) is 0. The molecule has 18 heavy (non-hydrogen) atoms. The predicted molar refractivity (Wildman–Crippen MR) is 72.9 cm³/mol. The van der Waals surface area contributed by atoms with Gasteiger partial charge in [0, 0.05) is 4.47 Å². The molecule has 94 valence electrons. The molecule has 2 rings (SSSR count). The van der Waals surface area contributed by atoms with Gasteiger partial charge in [-0.3, -0.25) is 0 Å². The smallest absolute Gasteiger partial charge is 0.159 e. The van der Waals surface area contributed by atoms with Crippen LogP contribution in [-0.4, -0.2) is 0 Å². The largest absolute Gasteiger partial charge is 0.204 e. The van der Waals surface area contributed by atoms with E-state index in [0.29, 0.717) is 5.56 Å². The lowest BCUT2D eigenvalue weighted by Crippen LogP contribution is -1.97. The molecule has 0 radical (unpaired) electrons. The van der Waals surface area contributed by atoms with Crippen LogP contribution in [0.5, 0.6) is 0 Å². The Hall–Kier alpha value is -0.930. The summed E-state index contributed by atoms with van der Waals surface area (Å²) in [6.07, 6.45) is 0. The summed E-state index contributed by atoms with van der Waals surface area (Å²) in [5, 5.41) is -0.519. The van der Waals surface area contributed by atoms with Crippen molar-refractivity contribution in [3.05, 3.63) is 69.2 Å². The standard InChI is InChI=1S/C14H10BrClF2/c1-8-3-2-4-10(13(8)15)14(16)9-5-6-11(17)12(18)7-9/h2-7,14H,1H3. The summed E-state index contributed by atoms with van der Waals surface area (Å²) >= 11 is 9.77. The fourth-order valence-corrected chi connectivity index (χ4v) is 2.66. The fraction of sp³-hybridized carbons (Fsp3) is 0.143. The topological polar surface area (TPSA) is 0 Å². The Labute approximate surface area is 118 Å². The maximum atomic E-state index is 13.2. The summed E-state index contributed by atoms with van der Waals surface area (Å²) in [5.41, 5.74) is 2.41. The molecule has 0 N–H and O–H groups in total. The number of hydrogen-bond acceptors (Lipinski definition) is 0. The average molecular weight is 332 g/mol.